The van der Waals surface area contributed by atoms with E-state index in [0.717, 1.165) is 42.0 Å². The van der Waals surface area contributed by atoms with Crippen molar-refractivity contribution in [1.82, 2.24) is 26.2 Å². The molecule has 0 spiro atoms. The molecule has 0 radical (unpaired) electrons. The first-order valence-corrected chi connectivity index (χ1v) is 19.4. The number of likely N-dealkylation sites (tertiary alicyclic amines) is 1. The first-order chi connectivity index (χ1) is 26.8. The summed E-state index contributed by atoms with van der Waals surface area (Å²) < 4.78 is 5.52. The zero-order chi connectivity index (χ0) is 40.8. The van der Waals surface area contributed by atoms with Crippen molar-refractivity contribution in [3.05, 3.63) is 48.0 Å². The van der Waals surface area contributed by atoms with Crippen molar-refractivity contribution in [1.29, 1.82) is 0 Å². The summed E-state index contributed by atoms with van der Waals surface area (Å²) in [4.78, 5) is 105. The molecule has 4 rings (SSSR count). The van der Waals surface area contributed by atoms with Gasteiger partial charge in [-0.05, 0) is 47.9 Å². The SMILES string of the molecule is CCCCC(NC(=O)CNC(=O)C(=O)C(CC)NC(=O)[C@@H]1C[C@@H](OCC(=O)O)CN1C(=O)C(NC(=O)Cc1ccc2ccccc2c1)C1CCCCC1)C(N)=O. The lowest BCUT2D eigenvalue weighted by atomic mass is 9.83. The minimum Gasteiger partial charge on any atom is -0.480 e. The Morgan fingerprint density at radius 3 is 2.27 bits per heavy atom. The van der Waals surface area contributed by atoms with Gasteiger partial charge in [-0.1, -0.05) is 88.4 Å². The van der Waals surface area contributed by atoms with Gasteiger partial charge in [0.15, 0.2) is 0 Å². The molecule has 6 amide bonds. The van der Waals surface area contributed by atoms with Gasteiger partial charge in [-0.15, -0.1) is 0 Å². The number of amides is 6. The van der Waals surface area contributed by atoms with Crippen LogP contribution in [0.1, 0.15) is 83.6 Å². The summed E-state index contributed by atoms with van der Waals surface area (Å²) in [6, 6.07) is 9.01. The number of ketones is 1. The highest BCUT2D eigenvalue weighted by Crippen LogP contribution is 2.30. The van der Waals surface area contributed by atoms with Gasteiger partial charge in [0, 0.05) is 13.0 Å². The van der Waals surface area contributed by atoms with Crippen molar-refractivity contribution in [2.45, 2.75) is 115 Å². The number of nitrogens with zero attached hydrogens (tertiary/aromatic N) is 1. The minimum atomic E-state index is -1.33. The van der Waals surface area contributed by atoms with Gasteiger partial charge in [-0.3, -0.25) is 33.6 Å². The quantitative estimate of drug-likeness (QED) is 0.105. The van der Waals surface area contributed by atoms with E-state index < -0.39 is 84.7 Å². The normalized spacial score (nSPS) is 18.6. The number of primary amides is 1. The molecule has 7 N–H and O–H groups in total. The van der Waals surface area contributed by atoms with Crippen LogP contribution in [0.25, 0.3) is 10.8 Å². The van der Waals surface area contributed by atoms with E-state index in [0.29, 0.717) is 25.7 Å². The fourth-order valence-corrected chi connectivity index (χ4v) is 7.35. The molecule has 16 heteroatoms. The van der Waals surface area contributed by atoms with Crippen molar-refractivity contribution in [3.8, 4) is 0 Å². The van der Waals surface area contributed by atoms with Gasteiger partial charge in [-0.2, -0.15) is 0 Å². The Kier molecular flexibility index (Phi) is 16.3. The van der Waals surface area contributed by atoms with Gasteiger partial charge in [-0.25, -0.2) is 4.79 Å². The van der Waals surface area contributed by atoms with Crippen LogP contribution in [-0.2, 0) is 49.5 Å². The van der Waals surface area contributed by atoms with Crippen LogP contribution in [0.2, 0.25) is 0 Å². The predicted octanol–water partition coefficient (Wildman–Crippen LogP) is 1.26. The fraction of sp³-hybridized carbons (Fsp3) is 0.550. The van der Waals surface area contributed by atoms with E-state index in [9.17, 15) is 43.5 Å². The number of carboxylic acid groups (broad SMARTS) is 1. The lowest BCUT2D eigenvalue weighted by Crippen LogP contribution is -2.58. The first-order valence-electron chi connectivity index (χ1n) is 19.4. The number of Topliss-reactive ketones (excluding diaryl/α,β-unsaturated/α-hetero) is 1. The van der Waals surface area contributed by atoms with Crippen LogP contribution in [-0.4, -0.2) is 107 Å². The summed E-state index contributed by atoms with van der Waals surface area (Å²) in [5.74, 6) is -6.76. The Morgan fingerprint density at radius 1 is 0.893 bits per heavy atom. The zero-order valence-corrected chi connectivity index (χ0v) is 32.1. The van der Waals surface area contributed by atoms with Crippen molar-refractivity contribution >= 4 is 58.0 Å². The summed E-state index contributed by atoms with van der Waals surface area (Å²) in [7, 11) is 0. The lowest BCUT2D eigenvalue weighted by molar-refractivity contribution is -0.145. The number of rotatable bonds is 20. The van der Waals surface area contributed by atoms with Crippen LogP contribution < -0.4 is 27.0 Å². The molecule has 2 aromatic carbocycles. The summed E-state index contributed by atoms with van der Waals surface area (Å²) in [6.07, 6.45) is 4.84. The minimum absolute atomic E-state index is 0.0138. The molecule has 5 atom stereocenters. The Hall–Kier alpha value is -5.38. The van der Waals surface area contributed by atoms with Crippen molar-refractivity contribution in [2.24, 2.45) is 11.7 Å². The highest BCUT2D eigenvalue weighted by molar-refractivity contribution is 6.38. The Balaban J connectivity index is 1.47. The maximum absolute atomic E-state index is 14.5. The number of ether oxygens (including phenoxy) is 1. The maximum Gasteiger partial charge on any atom is 0.329 e. The number of nitrogens with one attached hydrogen (secondary N) is 4. The van der Waals surface area contributed by atoms with Crippen LogP contribution in [0, 0.1) is 5.92 Å². The van der Waals surface area contributed by atoms with Gasteiger partial charge in [0.05, 0.1) is 25.1 Å². The van der Waals surface area contributed by atoms with Crippen LogP contribution in [0.15, 0.2) is 42.5 Å². The van der Waals surface area contributed by atoms with Crippen molar-refractivity contribution in [3.63, 3.8) is 0 Å². The van der Waals surface area contributed by atoms with Crippen LogP contribution in [0.3, 0.4) is 0 Å². The van der Waals surface area contributed by atoms with Gasteiger partial charge in [0.2, 0.25) is 35.3 Å². The Bertz CT molecular complexity index is 1760. The van der Waals surface area contributed by atoms with Gasteiger partial charge in [0.25, 0.3) is 5.91 Å². The molecule has 1 saturated heterocycles. The van der Waals surface area contributed by atoms with Crippen LogP contribution in [0.4, 0.5) is 0 Å². The van der Waals surface area contributed by atoms with E-state index in [-0.39, 0.29) is 37.6 Å². The number of nitrogens with two attached hydrogens (primary N) is 1. The summed E-state index contributed by atoms with van der Waals surface area (Å²) in [5.41, 5.74) is 6.12. The topological polar surface area (TPSA) is 243 Å². The monoisotopic (exact) mass is 778 g/mol. The largest absolute Gasteiger partial charge is 0.480 e. The smallest absolute Gasteiger partial charge is 0.329 e. The molecule has 1 aliphatic carbocycles. The molecular formula is C40H54N6O10. The second kappa shape index (κ2) is 21.1. The number of carbonyl (C=O) groups excluding carboxylic acids is 7. The average Bonchev–Trinajstić information content (AvgIpc) is 3.63. The highest BCUT2D eigenvalue weighted by Gasteiger charge is 2.45. The number of carboxylic acids is 1. The average molecular weight is 779 g/mol. The summed E-state index contributed by atoms with van der Waals surface area (Å²) >= 11 is 0. The van der Waals surface area contributed by atoms with E-state index in [1.54, 1.807) is 6.92 Å². The van der Waals surface area contributed by atoms with Crippen molar-refractivity contribution < 1.29 is 48.2 Å². The standard InChI is InChI=1S/C40H54N6O10/c1-3-5-15-30(37(41)52)43-33(48)21-42-39(54)36(51)29(4-2)44-38(53)31-20-28(56-23-34(49)50)22-46(31)40(55)35(26-12-7-6-8-13-26)45-32(47)19-24-16-17-25-11-9-10-14-27(25)18-24/h9-11,14,16-18,26,28-31,35H,3-8,12-13,15,19-23H2,1-2H3,(H2,41,52)(H,42,54)(H,43,48)(H,44,53)(H,45,47)(H,49,50)/t28-,29?,30?,31+,35?/m1/s1. The third-order valence-corrected chi connectivity index (χ3v) is 10.4. The lowest BCUT2D eigenvalue weighted by Gasteiger charge is -2.35. The molecule has 304 valence electrons. The first kappa shape index (κ1) is 43.3. The van der Waals surface area contributed by atoms with E-state index in [1.807, 2.05) is 49.4 Å². The fourth-order valence-electron chi connectivity index (χ4n) is 7.35. The van der Waals surface area contributed by atoms with Crippen LogP contribution >= 0.6 is 0 Å². The maximum atomic E-state index is 14.5. The van der Waals surface area contributed by atoms with E-state index in [4.69, 9.17) is 10.5 Å². The molecule has 1 saturated carbocycles. The molecule has 2 aliphatic rings. The zero-order valence-electron chi connectivity index (χ0n) is 32.1. The molecule has 1 heterocycles. The van der Waals surface area contributed by atoms with Gasteiger partial charge >= 0.3 is 5.97 Å². The number of unbranched alkanes of at least 4 members (excludes halogenated alkanes) is 1. The van der Waals surface area contributed by atoms with E-state index in [1.165, 1.54) is 4.90 Å². The molecule has 16 nitrogen and oxygen atoms in total. The Morgan fingerprint density at radius 2 is 1.61 bits per heavy atom. The second-order valence-electron chi connectivity index (χ2n) is 14.6. The second-order valence-corrected chi connectivity index (χ2v) is 14.6. The summed E-state index contributed by atoms with van der Waals surface area (Å²) in [5, 5.41) is 21.4. The molecule has 1 aliphatic heterocycles. The molecule has 0 aromatic heterocycles. The number of benzene rings is 2. The number of fused-ring (bicyclic) bond motifs is 1. The molecule has 2 aromatic rings. The summed E-state index contributed by atoms with van der Waals surface area (Å²) in [6.45, 7) is 2.05. The number of carbonyl (C=O) groups is 8. The molecule has 0 bridgehead atoms. The van der Waals surface area contributed by atoms with Gasteiger partial charge in [0.1, 0.15) is 24.7 Å². The third-order valence-electron chi connectivity index (χ3n) is 10.4. The Labute approximate surface area is 326 Å². The van der Waals surface area contributed by atoms with Crippen LogP contribution in [0.5, 0.6) is 0 Å². The number of hydrogen-bond donors (Lipinski definition) is 6. The molecular weight excluding hydrogens is 724 g/mol. The van der Waals surface area contributed by atoms with Gasteiger partial charge < -0.3 is 41.7 Å². The third kappa shape index (κ3) is 12.3. The molecule has 56 heavy (non-hydrogen) atoms. The molecule has 3 unspecified atom stereocenters. The predicted molar refractivity (Wildman–Crippen MR) is 205 cm³/mol. The number of aliphatic carboxylic acids is 1. The number of hydrogen-bond acceptors (Lipinski definition) is 9. The van der Waals surface area contributed by atoms with E-state index in [2.05, 4.69) is 21.3 Å². The highest BCUT2D eigenvalue weighted by atomic mass is 16.5. The van der Waals surface area contributed by atoms with Crippen molar-refractivity contribution in [2.75, 3.05) is 19.7 Å². The molecule has 2 fully saturated rings. The van der Waals surface area contributed by atoms with E-state index >= 15 is 0 Å².